The van der Waals surface area contributed by atoms with Gasteiger partial charge in [0.2, 0.25) is 0 Å². The van der Waals surface area contributed by atoms with Crippen molar-refractivity contribution in [2.75, 3.05) is 0 Å². The number of hydrogen-bond acceptors (Lipinski definition) is 3. The van der Waals surface area contributed by atoms with E-state index in [1.807, 2.05) is 0 Å². The van der Waals surface area contributed by atoms with Crippen molar-refractivity contribution in [3.05, 3.63) is 86.3 Å². The van der Waals surface area contributed by atoms with Crippen LogP contribution in [-0.2, 0) is 22.6 Å². The van der Waals surface area contributed by atoms with Gasteiger partial charge in [0, 0.05) is 44.5 Å². The molecule has 0 aliphatic heterocycles. The number of esters is 1. The number of carbonyl (C=O) groups excluding carboxylic acids is 1. The minimum Gasteiger partial charge on any atom is -0.459 e. The van der Waals surface area contributed by atoms with Crippen LogP contribution in [0, 0.1) is 0 Å². The normalized spacial score (nSPS) is 12.0. The number of nitrogens with zero attached hydrogens (tertiary/aromatic N) is 2. The molecule has 1 unspecified atom stereocenters. The van der Waals surface area contributed by atoms with Crippen LogP contribution >= 0.6 is 46.4 Å². The summed E-state index contributed by atoms with van der Waals surface area (Å²) in [5, 5.41) is 1.98. The summed E-state index contributed by atoms with van der Waals surface area (Å²) in [6.45, 7) is 0.0361. The Morgan fingerprint density at radius 1 is 1.00 bits per heavy atom. The molecule has 0 spiro atoms. The summed E-state index contributed by atoms with van der Waals surface area (Å²) in [7, 11) is 0. The molecule has 0 aliphatic carbocycles. The maximum atomic E-state index is 12.8. The molecular weight excluding hydrogens is 430 g/mol. The topological polar surface area (TPSA) is 44.1 Å². The largest absolute Gasteiger partial charge is 0.459 e. The van der Waals surface area contributed by atoms with Gasteiger partial charge in [-0.1, -0.05) is 58.5 Å². The van der Waals surface area contributed by atoms with Gasteiger partial charge in [0.25, 0.3) is 0 Å². The summed E-state index contributed by atoms with van der Waals surface area (Å²) < 4.78 is 7.16. The van der Waals surface area contributed by atoms with E-state index >= 15 is 0 Å². The number of carbonyl (C=O) groups is 1. The van der Waals surface area contributed by atoms with E-state index < -0.39 is 12.0 Å². The molecule has 2 aromatic carbocycles. The van der Waals surface area contributed by atoms with Crippen LogP contribution in [0.1, 0.15) is 17.2 Å². The second kappa shape index (κ2) is 8.98. The second-order valence-electron chi connectivity index (χ2n) is 5.81. The van der Waals surface area contributed by atoms with E-state index in [0.717, 1.165) is 5.56 Å². The van der Waals surface area contributed by atoms with Crippen LogP contribution in [0.2, 0.25) is 20.1 Å². The standard InChI is InChI=1S/C19H14Cl4N2O2/c20-14-3-1-12(16(22)8-14)7-18(25-6-5-24-11-25)19(26)27-10-13-2-4-15(21)9-17(13)23/h1-6,8-9,11,18H,7,10H2. The highest BCUT2D eigenvalue weighted by Gasteiger charge is 2.23. The maximum absolute atomic E-state index is 12.8. The van der Waals surface area contributed by atoms with Crippen molar-refractivity contribution in [3.63, 3.8) is 0 Å². The Morgan fingerprint density at radius 3 is 2.19 bits per heavy atom. The predicted octanol–water partition coefficient (Wildman–Crippen LogP) is 6.02. The molecule has 0 aliphatic rings. The molecule has 0 radical (unpaired) electrons. The first-order chi connectivity index (χ1) is 12.9. The molecule has 0 bridgehead atoms. The van der Waals surface area contributed by atoms with E-state index in [1.165, 1.54) is 0 Å². The third-order valence-electron chi connectivity index (χ3n) is 3.97. The highest BCUT2D eigenvalue weighted by molar-refractivity contribution is 6.35. The van der Waals surface area contributed by atoms with E-state index in [4.69, 9.17) is 51.1 Å². The van der Waals surface area contributed by atoms with Crippen LogP contribution in [0.25, 0.3) is 0 Å². The van der Waals surface area contributed by atoms with Gasteiger partial charge in [-0.15, -0.1) is 0 Å². The molecule has 1 aromatic heterocycles. The van der Waals surface area contributed by atoms with Crippen molar-refractivity contribution in [3.8, 4) is 0 Å². The van der Waals surface area contributed by atoms with Crippen molar-refractivity contribution in [1.82, 2.24) is 9.55 Å². The van der Waals surface area contributed by atoms with Crippen molar-refractivity contribution in [2.24, 2.45) is 0 Å². The molecule has 1 atom stereocenters. The minimum absolute atomic E-state index is 0.0361. The van der Waals surface area contributed by atoms with E-state index in [1.54, 1.807) is 59.7 Å². The third-order valence-corrected chi connectivity index (χ3v) is 5.14. The Balaban J connectivity index is 1.77. The zero-order valence-corrected chi connectivity index (χ0v) is 16.9. The molecule has 0 saturated carbocycles. The lowest BCUT2D eigenvalue weighted by Crippen LogP contribution is -2.23. The zero-order chi connectivity index (χ0) is 19.4. The Labute approximate surface area is 176 Å². The van der Waals surface area contributed by atoms with Crippen molar-refractivity contribution >= 4 is 52.4 Å². The van der Waals surface area contributed by atoms with Gasteiger partial charge in [-0.2, -0.15) is 0 Å². The van der Waals surface area contributed by atoms with Gasteiger partial charge in [0.1, 0.15) is 12.6 Å². The van der Waals surface area contributed by atoms with Crippen LogP contribution in [-0.4, -0.2) is 15.5 Å². The van der Waals surface area contributed by atoms with Crippen LogP contribution in [0.4, 0.5) is 0 Å². The third kappa shape index (κ3) is 5.17. The number of aromatic nitrogens is 2. The van der Waals surface area contributed by atoms with Crippen molar-refractivity contribution in [1.29, 1.82) is 0 Å². The smallest absolute Gasteiger partial charge is 0.329 e. The maximum Gasteiger partial charge on any atom is 0.329 e. The van der Waals surface area contributed by atoms with E-state index in [0.29, 0.717) is 32.1 Å². The van der Waals surface area contributed by atoms with Gasteiger partial charge in [0.05, 0.1) is 6.33 Å². The van der Waals surface area contributed by atoms with Crippen LogP contribution < -0.4 is 0 Å². The lowest BCUT2D eigenvalue weighted by molar-refractivity contribution is -0.149. The van der Waals surface area contributed by atoms with Crippen molar-refractivity contribution in [2.45, 2.75) is 19.1 Å². The van der Waals surface area contributed by atoms with Gasteiger partial charge in [0.15, 0.2) is 0 Å². The first-order valence-electron chi connectivity index (χ1n) is 7.96. The van der Waals surface area contributed by atoms with E-state index in [-0.39, 0.29) is 6.61 Å². The van der Waals surface area contributed by atoms with Gasteiger partial charge in [-0.05, 0) is 29.8 Å². The van der Waals surface area contributed by atoms with Gasteiger partial charge >= 0.3 is 5.97 Å². The molecule has 27 heavy (non-hydrogen) atoms. The lowest BCUT2D eigenvalue weighted by atomic mass is 10.1. The number of benzene rings is 2. The quantitative estimate of drug-likeness (QED) is 0.437. The Morgan fingerprint density at radius 2 is 1.63 bits per heavy atom. The summed E-state index contributed by atoms with van der Waals surface area (Å²) in [6.07, 6.45) is 5.19. The molecule has 140 valence electrons. The number of imidazole rings is 1. The number of hydrogen-bond donors (Lipinski definition) is 0. The highest BCUT2D eigenvalue weighted by Crippen LogP contribution is 2.27. The molecular formula is C19H14Cl4N2O2. The average molecular weight is 444 g/mol. The van der Waals surface area contributed by atoms with E-state index in [9.17, 15) is 4.79 Å². The monoisotopic (exact) mass is 442 g/mol. The number of ether oxygens (including phenoxy) is 1. The fraction of sp³-hybridized carbons (Fsp3) is 0.158. The van der Waals surface area contributed by atoms with E-state index in [2.05, 4.69) is 4.98 Å². The summed E-state index contributed by atoms with van der Waals surface area (Å²) in [6, 6.07) is 9.55. The fourth-order valence-corrected chi connectivity index (χ4v) is 3.49. The Hall–Kier alpha value is -1.72. The zero-order valence-electron chi connectivity index (χ0n) is 13.9. The summed E-state index contributed by atoms with van der Waals surface area (Å²) >= 11 is 24.2. The molecule has 0 amide bonds. The van der Waals surface area contributed by atoms with Gasteiger partial charge < -0.3 is 9.30 Å². The predicted molar refractivity (Wildman–Crippen MR) is 108 cm³/mol. The minimum atomic E-state index is -0.628. The first kappa shape index (κ1) is 20.0. The molecule has 0 fully saturated rings. The molecule has 3 aromatic rings. The fourth-order valence-electron chi connectivity index (χ4n) is 2.54. The SMILES string of the molecule is O=C(OCc1ccc(Cl)cc1Cl)C(Cc1ccc(Cl)cc1Cl)n1ccnc1. The van der Waals surface area contributed by atoms with Crippen LogP contribution in [0.15, 0.2) is 55.1 Å². The van der Waals surface area contributed by atoms with Crippen LogP contribution in [0.5, 0.6) is 0 Å². The molecule has 3 rings (SSSR count). The first-order valence-corrected chi connectivity index (χ1v) is 9.47. The Bertz CT molecular complexity index is 945. The average Bonchev–Trinajstić information content (AvgIpc) is 3.14. The van der Waals surface area contributed by atoms with Gasteiger partial charge in [-0.3, -0.25) is 0 Å². The number of halogens is 4. The van der Waals surface area contributed by atoms with Crippen molar-refractivity contribution < 1.29 is 9.53 Å². The molecule has 8 heteroatoms. The molecule has 4 nitrogen and oxygen atoms in total. The summed E-state index contributed by atoms with van der Waals surface area (Å²) in [5.41, 5.74) is 1.45. The molecule has 0 N–H and O–H groups in total. The molecule has 0 saturated heterocycles. The van der Waals surface area contributed by atoms with Crippen LogP contribution in [0.3, 0.4) is 0 Å². The summed E-state index contributed by atoms with van der Waals surface area (Å²) in [5.74, 6) is -0.426. The van der Waals surface area contributed by atoms with Gasteiger partial charge in [-0.25, -0.2) is 9.78 Å². The highest BCUT2D eigenvalue weighted by atomic mass is 35.5. The Kier molecular flexibility index (Phi) is 6.66. The summed E-state index contributed by atoms with van der Waals surface area (Å²) in [4.78, 5) is 16.8. The second-order valence-corrected chi connectivity index (χ2v) is 7.50. The number of rotatable bonds is 6. The lowest BCUT2D eigenvalue weighted by Gasteiger charge is -2.18. The molecule has 1 heterocycles.